The zero-order chi connectivity index (χ0) is 12.6. The third-order valence-electron chi connectivity index (χ3n) is 2.52. The summed E-state index contributed by atoms with van der Waals surface area (Å²) in [6.45, 7) is 3.99. The summed E-state index contributed by atoms with van der Waals surface area (Å²) in [5.74, 6) is 0. The zero-order valence-corrected chi connectivity index (χ0v) is 10.2. The Labute approximate surface area is 102 Å². The molecule has 0 saturated heterocycles. The smallest absolute Gasteiger partial charge is 0.258 e. The SMILES string of the molecule is CC1(C)C=CC=c2sc([N+](=O)[O-])c(C#N)c2=C1. The lowest BCUT2D eigenvalue weighted by Crippen LogP contribution is -2.23. The number of nitriles is 1. The molecule has 86 valence electrons. The Kier molecular flexibility index (Phi) is 2.60. The van der Waals surface area contributed by atoms with Gasteiger partial charge in [0.05, 0.1) is 4.92 Å². The maximum Gasteiger partial charge on any atom is 0.343 e. The number of rotatable bonds is 1. The van der Waals surface area contributed by atoms with E-state index >= 15 is 0 Å². The molecule has 0 aliphatic heterocycles. The van der Waals surface area contributed by atoms with E-state index in [0.29, 0.717) is 5.22 Å². The summed E-state index contributed by atoms with van der Waals surface area (Å²) >= 11 is 1.05. The Balaban J connectivity index is 2.89. The summed E-state index contributed by atoms with van der Waals surface area (Å²) in [6.07, 6.45) is 7.61. The van der Waals surface area contributed by atoms with Gasteiger partial charge in [-0.05, 0) is 6.08 Å². The van der Waals surface area contributed by atoms with Crippen LogP contribution in [0.1, 0.15) is 19.4 Å². The molecule has 0 atom stereocenters. The van der Waals surface area contributed by atoms with E-state index in [0.717, 1.165) is 15.9 Å². The topological polar surface area (TPSA) is 66.9 Å². The molecule has 0 aromatic carbocycles. The molecule has 1 aliphatic carbocycles. The lowest BCUT2D eigenvalue weighted by Gasteiger charge is -2.12. The number of hydrogen-bond acceptors (Lipinski definition) is 4. The van der Waals surface area contributed by atoms with Crippen molar-refractivity contribution in [2.45, 2.75) is 13.8 Å². The molecule has 0 fully saturated rings. The van der Waals surface area contributed by atoms with Crippen LogP contribution in [-0.2, 0) is 0 Å². The predicted molar refractivity (Wildman–Crippen MR) is 66.8 cm³/mol. The van der Waals surface area contributed by atoms with Crippen LogP contribution in [0.3, 0.4) is 0 Å². The number of nitro groups is 1. The van der Waals surface area contributed by atoms with E-state index in [9.17, 15) is 10.1 Å². The van der Waals surface area contributed by atoms with Gasteiger partial charge < -0.3 is 0 Å². The van der Waals surface area contributed by atoms with Crippen molar-refractivity contribution in [3.05, 3.63) is 37.6 Å². The zero-order valence-electron chi connectivity index (χ0n) is 9.43. The van der Waals surface area contributed by atoms with Crippen molar-refractivity contribution in [1.29, 1.82) is 5.26 Å². The molecule has 4 nitrogen and oxygen atoms in total. The average molecular weight is 246 g/mol. The van der Waals surface area contributed by atoms with E-state index in [-0.39, 0.29) is 16.0 Å². The van der Waals surface area contributed by atoms with Gasteiger partial charge in [-0.3, -0.25) is 10.1 Å². The quantitative estimate of drug-likeness (QED) is 0.559. The molecule has 0 N–H and O–H groups in total. The van der Waals surface area contributed by atoms with E-state index in [4.69, 9.17) is 5.26 Å². The average Bonchev–Trinajstić information content (AvgIpc) is 2.48. The molecule has 1 aliphatic rings. The fraction of sp³-hybridized carbons (Fsp3) is 0.250. The van der Waals surface area contributed by atoms with Crippen LogP contribution in [0, 0.1) is 26.9 Å². The number of allylic oxidation sites excluding steroid dienone is 2. The molecule has 0 saturated carbocycles. The molecule has 2 rings (SSSR count). The van der Waals surface area contributed by atoms with E-state index in [1.807, 2.05) is 44.2 Å². The second kappa shape index (κ2) is 3.82. The highest BCUT2D eigenvalue weighted by molar-refractivity contribution is 7.13. The third kappa shape index (κ3) is 1.99. The number of hydrogen-bond donors (Lipinski definition) is 0. The number of fused-ring (bicyclic) bond motifs is 1. The highest BCUT2D eigenvalue weighted by atomic mass is 32.1. The van der Waals surface area contributed by atoms with Crippen LogP contribution in [0.4, 0.5) is 5.00 Å². The lowest BCUT2D eigenvalue weighted by atomic mass is 9.92. The van der Waals surface area contributed by atoms with Crippen molar-refractivity contribution in [2.24, 2.45) is 5.41 Å². The van der Waals surface area contributed by atoms with Crippen molar-refractivity contribution in [2.75, 3.05) is 0 Å². The molecular formula is C12H10N2O2S. The number of nitrogens with zero attached hydrogens (tertiary/aromatic N) is 2. The summed E-state index contributed by atoms with van der Waals surface area (Å²) in [5.41, 5.74) is -0.0366. The van der Waals surface area contributed by atoms with Gasteiger partial charge in [0.1, 0.15) is 11.6 Å². The maximum atomic E-state index is 10.9. The van der Waals surface area contributed by atoms with Crippen LogP contribution in [0.25, 0.3) is 12.2 Å². The molecule has 0 unspecified atom stereocenters. The Morgan fingerprint density at radius 3 is 2.82 bits per heavy atom. The van der Waals surface area contributed by atoms with Crippen molar-refractivity contribution in [1.82, 2.24) is 0 Å². The summed E-state index contributed by atoms with van der Waals surface area (Å²) < 4.78 is 0.773. The monoisotopic (exact) mass is 246 g/mol. The first kappa shape index (κ1) is 11.6. The maximum absolute atomic E-state index is 10.9. The van der Waals surface area contributed by atoms with Crippen LogP contribution < -0.4 is 9.75 Å². The molecule has 0 spiro atoms. The van der Waals surface area contributed by atoms with Gasteiger partial charge in [-0.15, -0.1) is 0 Å². The van der Waals surface area contributed by atoms with Crippen molar-refractivity contribution >= 4 is 28.5 Å². The van der Waals surface area contributed by atoms with Crippen molar-refractivity contribution < 1.29 is 4.92 Å². The molecular weight excluding hydrogens is 236 g/mol. The Morgan fingerprint density at radius 2 is 2.24 bits per heavy atom. The molecule has 1 heterocycles. The van der Waals surface area contributed by atoms with Gasteiger partial charge in [-0.2, -0.15) is 5.26 Å². The highest BCUT2D eigenvalue weighted by Gasteiger charge is 2.22. The first-order valence-electron chi connectivity index (χ1n) is 5.04. The number of thiophene rings is 1. The fourth-order valence-electron chi connectivity index (χ4n) is 1.76. The fourth-order valence-corrected chi connectivity index (χ4v) is 2.71. The van der Waals surface area contributed by atoms with Crippen LogP contribution in [0.2, 0.25) is 0 Å². The standard InChI is InChI=1S/C12H10N2O2S/c1-12(2)5-3-4-10-8(6-12)9(7-13)11(17-10)14(15)16/h3-6H,1-2H3. The molecule has 0 radical (unpaired) electrons. The van der Waals surface area contributed by atoms with Gasteiger partial charge in [0.25, 0.3) is 0 Å². The molecule has 1 aromatic rings. The van der Waals surface area contributed by atoms with Crippen molar-refractivity contribution in [3.63, 3.8) is 0 Å². The minimum Gasteiger partial charge on any atom is -0.258 e. The molecule has 1 aromatic heterocycles. The second-order valence-electron chi connectivity index (χ2n) is 4.42. The van der Waals surface area contributed by atoms with E-state index in [2.05, 4.69) is 0 Å². The largest absolute Gasteiger partial charge is 0.343 e. The van der Waals surface area contributed by atoms with Gasteiger partial charge in [-0.25, -0.2) is 0 Å². The van der Waals surface area contributed by atoms with Gasteiger partial charge in [0.2, 0.25) is 0 Å². The minimum atomic E-state index is -0.490. The minimum absolute atomic E-state index is 0.0731. The van der Waals surface area contributed by atoms with Gasteiger partial charge in [-0.1, -0.05) is 43.4 Å². The van der Waals surface area contributed by atoms with E-state index in [1.165, 1.54) is 0 Å². The highest BCUT2D eigenvalue weighted by Crippen LogP contribution is 2.23. The summed E-state index contributed by atoms with van der Waals surface area (Å²) in [5, 5.41) is 20.5. The predicted octanol–water partition coefficient (Wildman–Crippen LogP) is 1.68. The second-order valence-corrected chi connectivity index (χ2v) is 5.45. The van der Waals surface area contributed by atoms with E-state index < -0.39 is 4.92 Å². The van der Waals surface area contributed by atoms with Crippen molar-refractivity contribution in [3.8, 4) is 6.07 Å². The van der Waals surface area contributed by atoms with Gasteiger partial charge >= 0.3 is 5.00 Å². The Hall–Kier alpha value is -1.93. The summed E-state index contributed by atoms with van der Waals surface area (Å²) in [7, 11) is 0. The first-order valence-corrected chi connectivity index (χ1v) is 5.86. The normalized spacial score (nSPS) is 16.1. The van der Waals surface area contributed by atoms with Gasteiger partial charge in [0, 0.05) is 15.2 Å². The molecule has 5 heteroatoms. The van der Waals surface area contributed by atoms with Crippen LogP contribution in [0.5, 0.6) is 0 Å². The molecule has 0 amide bonds. The van der Waals surface area contributed by atoms with Crippen LogP contribution in [0.15, 0.2) is 12.2 Å². The molecule has 0 bridgehead atoms. The van der Waals surface area contributed by atoms with Crippen LogP contribution >= 0.6 is 11.3 Å². The molecule has 17 heavy (non-hydrogen) atoms. The summed E-state index contributed by atoms with van der Waals surface area (Å²) in [4.78, 5) is 10.4. The third-order valence-corrected chi connectivity index (χ3v) is 3.65. The summed E-state index contributed by atoms with van der Waals surface area (Å²) in [6, 6.07) is 1.94. The van der Waals surface area contributed by atoms with E-state index in [1.54, 1.807) is 0 Å². The van der Waals surface area contributed by atoms with Gasteiger partial charge in [0.15, 0.2) is 0 Å². The Bertz CT molecular complexity index is 675. The van der Waals surface area contributed by atoms with Crippen LogP contribution in [-0.4, -0.2) is 4.92 Å². The Morgan fingerprint density at radius 1 is 1.53 bits per heavy atom. The first-order chi connectivity index (χ1) is 7.94. The lowest BCUT2D eigenvalue weighted by molar-refractivity contribution is -0.380.